The van der Waals surface area contributed by atoms with Crippen LogP contribution < -0.4 is 5.32 Å². The van der Waals surface area contributed by atoms with Crippen LogP contribution in [-0.2, 0) is 14.3 Å². The van der Waals surface area contributed by atoms with Crippen molar-refractivity contribution >= 4 is 23.5 Å². The molecular weight excluding hydrogens is 332 g/mol. The molecule has 140 valence electrons. The average Bonchev–Trinajstić information content (AvgIpc) is 2.68. The molecule has 1 aromatic rings. The topological polar surface area (TPSA) is 75.7 Å². The number of esters is 1. The second-order valence-electron chi connectivity index (χ2n) is 6.20. The van der Waals surface area contributed by atoms with Crippen LogP contribution in [0.2, 0.25) is 0 Å². The zero-order chi connectivity index (χ0) is 18.9. The number of anilines is 1. The SMILES string of the molecule is CCN(CC)C(=O)c1cccc(NC(=O)COC(=O)[C@@H]2CC=CCC2)c1. The van der Waals surface area contributed by atoms with E-state index in [1.165, 1.54) is 0 Å². The Morgan fingerprint density at radius 2 is 1.96 bits per heavy atom. The van der Waals surface area contributed by atoms with Crippen molar-refractivity contribution in [2.75, 3.05) is 25.0 Å². The van der Waals surface area contributed by atoms with E-state index in [2.05, 4.69) is 5.32 Å². The number of hydrogen-bond acceptors (Lipinski definition) is 4. The lowest BCUT2D eigenvalue weighted by Crippen LogP contribution is -2.30. The van der Waals surface area contributed by atoms with Gasteiger partial charge in [-0.05, 0) is 51.3 Å². The minimum Gasteiger partial charge on any atom is -0.455 e. The summed E-state index contributed by atoms with van der Waals surface area (Å²) in [4.78, 5) is 38.1. The van der Waals surface area contributed by atoms with Crippen molar-refractivity contribution in [2.24, 2.45) is 5.92 Å². The summed E-state index contributed by atoms with van der Waals surface area (Å²) >= 11 is 0. The minimum absolute atomic E-state index is 0.0807. The number of nitrogens with zero attached hydrogens (tertiary/aromatic N) is 1. The molecule has 0 spiro atoms. The standard InChI is InChI=1S/C20H26N2O4/c1-3-22(4-2)19(24)16-11-8-12-17(13-16)21-18(23)14-26-20(25)15-9-6-5-7-10-15/h5-6,8,11-13,15H,3-4,7,9-10,14H2,1-2H3,(H,21,23)/t15-/m1/s1. The fraction of sp³-hybridized carbons (Fsp3) is 0.450. The Morgan fingerprint density at radius 1 is 1.19 bits per heavy atom. The second-order valence-corrected chi connectivity index (χ2v) is 6.20. The van der Waals surface area contributed by atoms with Crippen molar-refractivity contribution < 1.29 is 19.1 Å². The summed E-state index contributed by atoms with van der Waals surface area (Å²) in [5.74, 6) is -1.00. The number of nitrogens with one attached hydrogen (secondary N) is 1. The van der Waals surface area contributed by atoms with E-state index in [9.17, 15) is 14.4 Å². The van der Waals surface area contributed by atoms with Gasteiger partial charge in [0.1, 0.15) is 0 Å². The highest BCUT2D eigenvalue weighted by Gasteiger charge is 2.21. The summed E-state index contributed by atoms with van der Waals surface area (Å²) in [6, 6.07) is 6.76. The predicted octanol–water partition coefficient (Wildman–Crippen LogP) is 3.01. The van der Waals surface area contributed by atoms with E-state index in [0.717, 1.165) is 12.8 Å². The summed E-state index contributed by atoms with van der Waals surface area (Å²) in [5.41, 5.74) is 1.02. The van der Waals surface area contributed by atoms with Crippen LogP contribution in [0.3, 0.4) is 0 Å². The largest absolute Gasteiger partial charge is 0.455 e. The average molecular weight is 358 g/mol. The monoisotopic (exact) mass is 358 g/mol. The molecule has 0 saturated carbocycles. The number of hydrogen-bond donors (Lipinski definition) is 1. The number of amides is 2. The molecule has 0 heterocycles. The number of rotatable bonds is 7. The zero-order valence-corrected chi connectivity index (χ0v) is 15.4. The Balaban J connectivity index is 1.88. The Kier molecular flexibility index (Phi) is 7.38. The van der Waals surface area contributed by atoms with E-state index >= 15 is 0 Å². The van der Waals surface area contributed by atoms with Crippen LogP contribution in [0.5, 0.6) is 0 Å². The lowest BCUT2D eigenvalue weighted by molar-refractivity contribution is -0.151. The van der Waals surface area contributed by atoms with Crippen molar-refractivity contribution in [3.05, 3.63) is 42.0 Å². The maximum atomic E-state index is 12.4. The van der Waals surface area contributed by atoms with Gasteiger partial charge in [0.05, 0.1) is 5.92 Å². The molecule has 1 aromatic carbocycles. The molecule has 6 nitrogen and oxygen atoms in total. The highest BCUT2D eigenvalue weighted by atomic mass is 16.5. The normalized spacial score (nSPS) is 16.0. The molecule has 1 aliphatic rings. The number of carbonyl (C=O) groups excluding carboxylic acids is 3. The van der Waals surface area contributed by atoms with Crippen LogP contribution in [0.25, 0.3) is 0 Å². The van der Waals surface area contributed by atoms with Gasteiger partial charge in [0, 0.05) is 24.3 Å². The number of allylic oxidation sites excluding steroid dienone is 2. The second kappa shape index (κ2) is 9.75. The summed E-state index contributed by atoms with van der Waals surface area (Å²) in [6.07, 6.45) is 6.29. The number of carbonyl (C=O) groups is 3. The first-order valence-electron chi connectivity index (χ1n) is 9.06. The zero-order valence-electron chi connectivity index (χ0n) is 15.4. The van der Waals surface area contributed by atoms with E-state index in [4.69, 9.17) is 4.74 Å². The van der Waals surface area contributed by atoms with E-state index in [1.807, 2.05) is 26.0 Å². The van der Waals surface area contributed by atoms with Gasteiger partial charge in [-0.1, -0.05) is 18.2 Å². The molecule has 0 fully saturated rings. The summed E-state index contributed by atoms with van der Waals surface area (Å²) in [7, 11) is 0. The maximum absolute atomic E-state index is 12.4. The highest BCUT2D eigenvalue weighted by Crippen LogP contribution is 2.19. The Hall–Kier alpha value is -2.63. The van der Waals surface area contributed by atoms with Gasteiger partial charge in [-0.25, -0.2) is 0 Å². The van der Waals surface area contributed by atoms with Crippen LogP contribution >= 0.6 is 0 Å². The van der Waals surface area contributed by atoms with Crippen molar-refractivity contribution in [1.29, 1.82) is 0 Å². The third-order valence-electron chi connectivity index (χ3n) is 4.39. The lowest BCUT2D eigenvalue weighted by atomic mass is 9.95. The lowest BCUT2D eigenvalue weighted by Gasteiger charge is -2.19. The van der Waals surface area contributed by atoms with Crippen LogP contribution in [0.15, 0.2) is 36.4 Å². The van der Waals surface area contributed by atoms with Gasteiger partial charge >= 0.3 is 5.97 Å². The van der Waals surface area contributed by atoms with Gasteiger partial charge in [-0.15, -0.1) is 0 Å². The van der Waals surface area contributed by atoms with Crippen LogP contribution in [0, 0.1) is 5.92 Å². The molecule has 1 N–H and O–H groups in total. The number of benzene rings is 1. The van der Waals surface area contributed by atoms with Gasteiger partial charge < -0.3 is 15.0 Å². The summed E-state index contributed by atoms with van der Waals surface area (Å²) < 4.78 is 5.11. The molecule has 0 radical (unpaired) electrons. The Labute approximate surface area is 154 Å². The minimum atomic E-state index is -0.419. The predicted molar refractivity (Wildman–Crippen MR) is 99.8 cm³/mol. The van der Waals surface area contributed by atoms with Gasteiger partial charge in [0.15, 0.2) is 6.61 Å². The van der Waals surface area contributed by atoms with Crippen molar-refractivity contribution in [2.45, 2.75) is 33.1 Å². The smallest absolute Gasteiger partial charge is 0.309 e. The van der Waals surface area contributed by atoms with Gasteiger partial charge in [0.2, 0.25) is 0 Å². The van der Waals surface area contributed by atoms with Crippen LogP contribution in [0.4, 0.5) is 5.69 Å². The fourth-order valence-electron chi connectivity index (χ4n) is 2.88. The first-order chi connectivity index (χ1) is 12.5. The summed E-state index contributed by atoms with van der Waals surface area (Å²) in [5, 5.41) is 2.67. The third-order valence-corrected chi connectivity index (χ3v) is 4.39. The fourth-order valence-corrected chi connectivity index (χ4v) is 2.88. The molecule has 26 heavy (non-hydrogen) atoms. The molecule has 1 atom stereocenters. The molecule has 6 heteroatoms. The molecule has 0 bridgehead atoms. The maximum Gasteiger partial charge on any atom is 0.309 e. The van der Waals surface area contributed by atoms with E-state index in [-0.39, 0.29) is 24.4 Å². The van der Waals surface area contributed by atoms with Crippen molar-refractivity contribution in [3.8, 4) is 0 Å². The van der Waals surface area contributed by atoms with Crippen LogP contribution in [0.1, 0.15) is 43.5 Å². The van der Waals surface area contributed by atoms with Crippen molar-refractivity contribution in [3.63, 3.8) is 0 Å². The molecule has 0 aromatic heterocycles. The molecule has 0 unspecified atom stereocenters. The molecular formula is C20H26N2O4. The van der Waals surface area contributed by atoms with E-state index < -0.39 is 5.91 Å². The quantitative estimate of drug-likeness (QED) is 0.600. The summed E-state index contributed by atoms with van der Waals surface area (Å²) in [6.45, 7) is 4.76. The van der Waals surface area contributed by atoms with Gasteiger partial charge in [0.25, 0.3) is 11.8 Å². The Morgan fingerprint density at radius 3 is 2.62 bits per heavy atom. The molecule has 2 rings (SSSR count). The first-order valence-corrected chi connectivity index (χ1v) is 9.06. The third kappa shape index (κ3) is 5.44. The van der Waals surface area contributed by atoms with Crippen LogP contribution in [-0.4, -0.2) is 42.4 Å². The van der Waals surface area contributed by atoms with Crippen molar-refractivity contribution in [1.82, 2.24) is 4.90 Å². The van der Waals surface area contributed by atoms with Gasteiger partial charge in [-0.2, -0.15) is 0 Å². The van der Waals surface area contributed by atoms with E-state index in [1.54, 1.807) is 29.2 Å². The molecule has 0 aliphatic heterocycles. The van der Waals surface area contributed by atoms with E-state index in [0.29, 0.717) is 30.8 Å². The molecule has 2 amide bonds. The molecule has 0 saturated heterocycles. The molecule has 1 aliphatic carbocycles. The number of ether oxygens (including phenoxy) is 1. The first kappa shape index (κ1) is 19.7. The highest BCUT2D eigenvalue weighted by molar-refractivity contribution is 5.97. The van der Waals surface area contributed by atoms with Gasteiger partial charge in [-0.3, -0.25) is 14.4 Å². The Bertz CT molecular complexity index is 680.